The maximum atomic E-state index is 13.4. The SMILES string of the molecule is CCOc1ccc(Nc2ncc(C(F)(F)F)c(Nc3ccccc3OC)n2)cc1. The van der Waals surface area contributed by atoms with Crippen molar-refractivity contribution >= 4 is 23.1 Å². The number of nitrogens with one attached hydrogen (secondary N) is 2. The van der Waals surface area contributed by atoms with Crippen LogP contribution < -0.4 is 20.1 Å². The number of anilines is 4. The van der Waals surface area contributed by atoms with Gasteiger partial charge in [0.2, 0.25) is 5.95 Å². The molecule has 0 bridgehead atoms. The van der Waals surface area contributed by atoms with E-state index in [4.69, 9.17) is 9.47 Å². The molecule has 2 aromatic carbocycles. The summed E-state index contributed by atoms with van der Waals surface area (Å²) in [5.74, 6) is 0.704. The highest BCUT2D eigenvalue weighted by Crippen LogP contribution is 2.37. The van der Waals surface area contributed by atoms with Crippen molar-refractivity contribution in [1.82, 2.24) is 9.97 Å². The molecule has 0 saturated carbocycles. The van der Waals surface area contributed by atoms with Gasteiger partial charge in [-0.1, -0.05) is 12.1 Å². The standard InChI is InChI=1S/C20H19F3N4O2/c1-3-29-14-10-8-13(9-11-14)25-19-24-12-15(20(21,22)23)18(27-19)26-16-6-4-5-7-17(16)28-2/h4-12H,3H2,1-2H3,(H2,24,25,26,27). The summed E-state index contributed by atoms with van der Waals surface area (Å²) in [4.78, 5) is 7.82. The number of rotatable bonds is 7. The van der Waals surface area contributed by atoms with Gasteiger partial charge in [-0.05, 0) is 43.3 Å². The molecule has 0 saturated heterocycles. The fourth-order valence-corrected chi connectivity index (χ4v) is 2.55. The van der Waals surface area contributed by atoms with Crippen LogP contribution in [0, 0.1) is 0 Å². The van der Waals surface area contributed by atoms with Crippen molar-refractivity contribution in [3.05, 3.63) is 60.3 Å². The van der Waals surface area contributed by atoms with Crippen molar-refractivity contribution in [3.63, 3.8) is 0 Å². The lowest BCUT2D eigenvalue weighted by Crippen LogP contribution is -2.13. The highest BCUT2D eigenvalue weighted by atomic mass is 19.4. The normalized spacial score (nSPS) is 11.1. The minimum atomic E-state index is -4.62. The zero-order chi connectivity index (χ0) is 20.9. The predicted molar refractivity (Wildman–Crippen MR) is 104 cm³/mol. The summed E-state index contributed by atoms with van der Waals surface area (Å²) in [5.41, 5.74) is -0.0247. The molecule has 0 aliphatic heterocycles. The van der Waals surface area contributed by atoms with Gasteiger partial charge in [0.25, 0.3) is 0 Å². The number of nitrogens with zero attached hydrogens (tertiary/aromatic N) is 2. The van der Waals surface area contributed by atoms with E-state index in [0.717, 1.165) is 6.20 Å². The third-order valence-electron chi connectivity index (χ3n) is 3.88. The largest absolute Gasteiger partial charge is 0.495 e. The molecule has 0 unspecified atom stereocenters. The first-order valence-electron chi connectivity index (χ1n) is 8.75. The Morgan fingerprint density at radius 3 is 2.38 bits per heavy atom. The lowest BCUT2D eigenvalue weighted by atomic mass is 10.2. The topological polar surface area (TPSA) is 68.3 Å². The Morgan fingerprint density at radius 1 is 1.00 bits per heavy atom. The van der Waals surface area contributed by atoms with Crippen molar-refractivity contribution in [2.45, 2.75) is 13.1 Å². The fraction of sp³-hybridized carbons (Fsp3) is 0.200. The Hall–Kier alpha value is -3.49. The maximum absolute atomic E-state index is 13.4. The molecule has 1 heterocycles. The quantitative estimate of drug-likeness (QED) is 0.550. The fourth-order valence-electron chi connectivity index (χ4n) is 2.55. The van der Waals surface area contributed by atoms with Crippen molar-refractivity contribution < 1.29 is 22.6 Å². The van der Waals surface area contributed by atoms with Gasteiger partial charge >= 0.3 is 6.18 Å². The van der Waals surface area contributed by atoms with Gasteiger partial charge in [0.1, 0.15) is 22.9 Å². The zero-order valence-corrected chi connectivity index (χ0v) is 15.7. The number of aromatic nitrogens is 2. The van der Waals surface area contributed by atoms with Crippen LogP contribution in [0.25, 0.3) is 0 Å². The molecule has 0 fully saturated rings. The summed E-state index contributed by atoms with van der Waals surface area (Å²) >= 11 is 0. The molecule has 6 nitrogen and oxygen atoms in total. The molecule has 29 heavy (non-hydrogen) atoms. The van der Waals surface area contributed by atoms with E-state index in [2.05, 4.69) is 20.6 Å². The predicted octanol–water partition coefficient (Wildman–Crippen LogP) is 5.39. The van der Waals surface area contributed by atoms with Gasteiger partial charge in [-0.2, -0.15) is 18.2 Å². The van der Waals surface area contributed by atoms with Crippen LogP contribution in [0.4, 0.5) is 36.3 Å². The number of benzene rings is 2. The average molecular weight is 404 g/mol. The van der Waals surface area contributed by atoms with Gasteiger partial charge in [-0.15, -0.1) is 0 Å². The van der Waals surface area contributed by atoms with Gasteiger partial charge in [-0.3, -0.25) is 0 Å². The molecule has 9 heteroatoms. The summed E-state index contributed by atoms with van der Waals surface area (Å²) < 4.78 is 50.8. The van der Waals surface area contributed by atoms with E-state index in [-0.39, 0.29) is 11.8 Å². The first-order valence-corrected chi connectivity index (χ1v) is 8.75. The van der Waals surface area contributed by atoms with Gasteiger partial charge in [0.05, 0.1) is 19.4 Å². The minimum Gasteiger partial charge on any atom is -0.495 e. The molecule has 0 spiro atoms. The van der Waals surface area contributed by atoms with Crippen LogP contribution in [0.5, 0.6) is 11.5 Å². The first-order chi connectivity index (χ1) is 13.9. The number of hydrogen-bond donors (Lipinski definition) is 2. The van der Waals surface area contributed by atoms with Crippen LogP contribution in [0.2, 0.25) is 0 Å². The summed E-state index contributed by atoms with van der Waals surface area (Å²) in [7, 11) is 1.43. The molecule has 3 aromatic rings. The Kier molecular flexibility index (Phi) is 6.06. The smallest absolute Gasteiger partial charge is 0.421 e. The van der Waals surface area contributed by atoms with E-state index < -0.39 is 11.7 Å². The van der Waals surface area contributed by atoms with Gasteiger partial charge in [0.15, 0.2) is 0 Å². The van der Waals surface area contributed by atoms with Crippen LogP contribution in [0.15, 0.2) is 54.7 Å². The third kappa shape index (κ3) is 5.07. The van der Waals surface area contributed by atoms with E-state index in [1.165, 1.54) is 7.11 Å². The summed E-state index contributed by atoms with van der Waals surface area (Å²) in [5, 5.41) is 5.58. The second-order valence-corrected chi connectivity index (χ2v) is 5.86. The molecule has 0 amide bonds. The molecule has 0 atom stereocenters. The zero-order valence-electron chi connectivity index (χ0n) is 15.7. The summed E-state index contributed by atoms with van der Waals surface area (Å²) in [6.07, 6.45) is -3.89. The molecular formula is C20H19F3N4O2. The Labute approximate surface area is 165 Å². The number of alkyl halides is 3. The minimum absolute atomic E-state index is 0.0135. The Balaban J connectivity index is 1.91. The van der Waals surface area contributed by atoms with Crippen molar-refractivity contribution in [2.75, 3.05) is 24.4 Å². The van der Waals surface area contributed by atoms with Crippen LogP contribution in [0.3, 0.4) is 0 Å². The Bertz CT molecular complexity index is 963. The van der Waals surface area contributed by atoms with Crippen molar-refractivity contribution in [2.24, 2.45) is 0 Å². The highest BCUT2D eigenvalue weighted by Gasteiger charge is 2.35. The van der Waals surface area contributed by atoms with Crippen LogP contribution in [0.1, 0.15) is 12.5 Å². The average Bonchev–Trinajstić information content (AvgIpc) is 2.69. The Morgan fingerprint density at radius 2 is 1.72 bits per heavy atom. The third-order valence-corrected chi connectivity index (χ3v) is 3.88. The van der Waals surface area contributed by atoms with Crippen molar-refractivity contribution in [3.8, 4) is 11.5 Å². The van der Waals surface area contributed by atoms with Crippen LogP contribution >= 0.6 is 0 Å². The molecular weight excluding hydrogens is 385 g/mol. The van der Waals surface area contributed by atoms with Crippen LogP contribution in [-0.2, 0) is 6.18 Å². The summed E-state index contributed by atoms with van der Waals surface area (Å²) in [6, 6.07) is 13.6. The van der Waals surface area contributed by atoms with E-state index in [0.29, 0.717) is 29.5 Å². The number of halogens is 3. The number of methoxy groups -OCH3 is 1. The molecule has 2 N–H and O–H groups in total. The lowest BCUT2D eigenvalue weighted by Gasteiger charge is -2.16. The van der Waals surface area contributed by atoms with Gasteiger partial charge in [0, 0.05) is 11.9 Å². The molecule has 0 aliphatic rings. The second-order valence-electron chi connectivity index (χ2n) is 5.86. The summed E-state index contributed by atoms with van der Waals surface area (Å²) in [6.45, 7) is 2.41. The molecule has 0 radical (unpaired) electrons. The maximum Gasteiger partial charge on any atom is 0.421 e. The molecule has 3 rings (SSSR count). The van der Waals surface area contributed by atoms with E-state index in [9.17, 15) is 13.2 Å². The van der Waals surface area contributed by atoms with E-state index >= 15 is 0 Å². The second kappa shape index (κ2) is 8.68. The van der Waals surface area contributed by atoms with Gasteiger partial charge < -0.3 is 20.1 Å². The van der Waals surface area contributed by atoms with E-state index in [1.807, 2.05) is 6.92 Å². The highest BCUT2D eigenvalue weighted by molar-refractivity contribution is 5.67. The number of hydrogen-bond acceptors (Lipinski definition) is 6. The lowest BCUT2D eigenvalue weighted by molar-refractivity contribution is -0.137. The van der Waals surface area contributed by atoms with E-state index in [1.54, 1.807) is 48.5 Å². The number of para-hydroxylation sites is 2. The molecule has 0 aliphatic carbocycles. The van der Waals surface area contributed by atoms with Crippen LogP contribution in [-0.4, -0.2) is 23.7 Å². The molecule has 152 valence electrons. The molecule has 1 aromatic heterocycles. The first kappa shape index (κ1) is 20.2. The monoisotopic (exact) mass is 404 g/mol. The van der Waals surface area contributed by atoms with Crippen molar-refractivity contribution in [1.29, 1.82) is 0 Å². The number of ether oxygens (including phenoxy) is 2. The van der Waals surface area contributed by atoms with Gasteiger partial charge in [-0.25, -0.2) is 4.98 Å².